The SMILES string of the molecule is CC1(C)CC([C@H](O)c2cccc(Cl)c2)N1. The Bertz CT molecular complexity index is 356. The van der Waals surface area contributed by atoms with Crippen LogP contribution in [0.3, 0.4) is 0 Å². The molecule has 1 fully saturated rings. The van der Waals surface area contributed by atoms with Crippen LogP contribution in [0.1, 0.15) is 31.9 Å². The van der Waals surface area contributed by atoms with Crippen molar-refractivity contribution in [2.75, 3.05) is 0 Å². The standard InChI is InChI=1S/C12H16ClNO/c1-12(2)7-10(14-12)11(15)8-4-3-5-9(13)6-8/h3-6,10-11,14-15H,7H2,1-2H3/t10?,11-/m1/s1. The molecule has 0 radical (unpaired) electrons. The quantitative estimate of drug-likeness (QED) is 0.811. The van der Waals surface area contributed by atoms with Crippen molar-refractivity contribution >= 4 is 11.6 Å². The molecule has 1 heterocycles. The molecular formula is C12H16ClNO. The molecular weight excluding hydrogens is 210 g/mol. The molecule has 82 valence electrons. The van der Waals surface area contributed by atoms with Gasteiger partial charge in [-0.05, 0) is 38.0 Å². The Morgan fingerprint density at radius 2 is 2.20 bits per heavy atom. The molecule has 0 aromatic heterocycles. The molecule has 2 nitrogen and oxygen atoms in total. The van der Waals surface area contributed by atoms with Crippen molar-refractivity contribution in [2.45, 2.75) is 38.0 Å². The predicted octanol–water partition coefficient (Wildman–Crippen LogP) is 2.51. The van der Waals surface area contributed by atoms with Crippen LogP contribution in [-0.4, -0.2) is 16.7 Å². The summed E-state index contributed by atoms with van der Waals surface area (Å²) >= 11 is 5.88. The summed E-state index contributed by atoms with van der Waals surface area (Å²) in [7, 11) is 0. The first-order valence-corrected chi connectivity index (χ1v) is 5.57. The summed E-state index contributed by atoms with van der Waals surface area (Å²) in [6.07, 6.45) is 0.525. The molecule has 1 aliphatic heterocycles. The highest BCUT2D eigenvalue weighted by atomic mass is 35.5. The lowest BCUT2D eigenvalue weighted by molar-refractivity contribution is 0.0390. The van der Waals surface area contributed by atoms with Crippen molar-refractivity contribution in [3.8, 4) is 0 Å². The van der Waals surface area contributed by atoms with Gasteiger partial charge in [-0.25, -0.2) is 0 Å². The molecule has 0 aliphatic carbocycles. The lowest BCUT2D eigenvalue weighted by atomic mass is 9.81. The molecule has 1 unspecified atom stereocenters. The van der Waals surface area contributed by atoms with Gasteiger partial charge in [0.1, 0.15) is 0 Å². The van der Waals surface area contributed by atoms with E-state index in [2.05, 4.69) is 19.2 Å². The van der Waals surface area contributed by atoms with Crippen LogP contribution in [0.15, 0.2) is 24.3 Å². The van der Waals surface area contributed by atoms with Gasteiger partial charge < -0.3 is 10.4 Å². The number of halogens is 1. The lowest BCUT2D eigenvalue weighted by Gasteiger charge is -2.46. The molecule has 3 heteroatoms. The highest BCUT2D eigenvalue weighted by molar-refractivity contribution is 6.30. The monoisotopic (exact) mass is 225 g/mol. The van der Waals surface area contributed by atoms with Crippen molar-refractivity contribution in [3.63, 3.8) is 0 Å². The van der Waals surface area contributed by atoms with E-state index in [0.717, 1.165) is 12.0 Å². The molecule has 1 aliphatic rings. The predicted molar refractivity (Wildman–Crippen MR) is 62.0 cm³/mol. The van der Waals surface area contributed by atoms with Crippen LogP contribution in [0, 0.1) is 0 Å². The minimum absolute atomic E-state index is 0.151. The number of rotatable bonds is 2. The highest BCUT2D eigenvalue weighted by Crippen LogP contribution is 2.32. The van der Waals surface area contributed by atoms with Gasteiger partial charge >= 0.3 is 0 Å². The number of benzene rings is 1. The van der Waals surface area contributed by atoms with Gasteiger partial charge in [0, 0.05) is 16.6 Å². The van der Waals surface area contributed by atoms with Crippen molar-refractivity contribution in [1.82, 2.24) is 5.32 Å². The third-order valence-electron chi connectivity index (χ3n) is 2.88. The number of hydrogen-bond donors (Lipinski definition) is 2. The van der Waals surface area contributed by atoms with Crippen LogP contribution in [0.25, 0.3) is 0 Å². The Balaban J connectivity index is 2.06. The van der Waals surface area contributed by atoms with E-state index in [0.29, 0.717) is 5.02 Å². The van der Waals surface area contributed by atoms with Gasteiger partial charge in [-0.2, -0.15) is 0 Å². The van der Waals surface area contributed by atoms with Gasteiger partial charge in [-0.3, -0.25) is 0 Å². The second kappa shape index (κ2) is 3.78. The molecule has 0 spiro atoms. The Kier molecular flexibility index (Phi) is 2.75. The fourth-order valence-corrected chi connectivity index (χ4v) is 2.34. The Labute approximate surface area is 95.3 Å². The van der Waals surface area contributed by atoms with Crippen LogP contribution in [0.5, 0.6) is 0 Å². The highest BCUT2D eigenvalue weighted by Gasteiger charge is 2.39. The summed E-state index contributed by atoms with van der Waals surface area (Å²) in [5.74, 6) is 0. The van der Waals surface area contributed by atoms with E-state index in [-0.39, 0.29) is 11.6 Å². The summed E-state index contributed by atoms with van der Waals surface area (Å²) in [6, 6.07) is 7.56. The van der Waals surface area contributed by atoms with E-state index in [1.54, 1.807) is 0 Å². The fourth-order valence-electron chi connectivity index (χ4n) is 2.14. The van der Waals surface area contributed by atoms with Gasteiger partial charge in [0.15, 0.2) is 0 Å². The third kappa shape index (κ3) is 2.33. The average Bonchev–Trinajstić information content (AvgIpc) is 2.13. The average molecular weight is 226 g/mol. The van der Waals surface area contributed by atoms with Gasteiger partial charge in [0.05, 0.1) is 6.10 Å². The Morgan fingerprint density at radius 1 is 1.53 bits per heavy atom. The van der Waals surface area contributed by atoms with E-state index in [1.807, 2.05) is 24.3 Å². The van der Waals surface area contributed by atoms with Gasteiger partial charge in [0.2, 0.25) is 0 Å². The van der Waals surface area contributed by atoms with Crippen LogP contribution in [-0.2, 0) is 0 Å². The summed E-state index contributed by atoms with van der Waals surface area (Å²) in [6.45, 7) is 4.27. The van der Waals surface area contributed by atoms with Crippen LogP contribution >= 0.6 is 11.6 Å². The second-order valence-electron chi connectivity index (χ2n) is 4.84. The van der Waals surface area contributed by atoms with Gasteiger partial charge in [-0.1, -0.05) is 23.7 Å². The molecule has 1 aromatic rings. The van der Waals surface area contributed by atoms with E-state index >= 15 is 0 Å². The van der Waals surface area contributed by atoms with Crippen molar-refractivity contribution in [1.29, 1.82) is 0 Å². The van der Waals surface area contributed by atoms with Crippen molar-refractivity contribution in [3.05, 3.63) is 34.9 Å². The van der Waals surface area contributed by atoms with E-state index in [4.69, 9.17) is 11.6 Å². The molecule has 2 N–H and O–H groups in total. The summed E-state index contributed by atoms with van der Waals surface area (Å²) in [4.78, 5) is 0. The van der Waals surface area contributed by atoms with Gasteiger partial charge in [0.25, 0.3) is 0 Å². The third-order valence-corrected chi connectivity index (χ3v) is 3.11. The molecule has 0 bridgehead atoms. The van der Waals surface area contributed by atoms with Crippen LogP contribution in [0.4, 0.5) is 0 Å². The van der Waals surface area contributed by atoms with Crippen LogP contribution < -0.4 is 5.32 Å². The summed E-state index contributed by atoms with van der Waals surface area (Å²) in [5.41, 5.74) is 1.04. The maximum absolute atomic E-state index is 10.1. The van der Waals surface area contributed by atoms with Crippen molar-refractivity contribution < 1.29 is 5.11 Å². The number of hydrogen-bond acceptors (Lipinski definition) is 2. The smallest absolute Gasteiger partial charge is 0.0944 e. The van der Waals surface area contributed by atoms with E-state index in [1.165, 1.54) is 0 Å². The summed E-state index contributed by atoms with van der Waals surface area (Å²) in [5, 5.41) is 14.1. The molecule has 0 saturated carbocycles. The first-order valence-electron chi connectivity index (χ1n) is 5.19. The lowest BCUT2D eigenvalue weighted by Crippen LogP contribution is -2.61. The number of aliphatic hydroxyl groups is 1. The van der Waals surface area contributed by atoms with Gasteiger partial charge in [-0.15, -0.1) is 0 Å². The topological polar surface area (TPSA) is 32.3 Å². The maximum Gasteiger partial charge on any atom is 0.0944 e. The molecule has 1 aromatic carbocycles. The minimum Gasteiger partial charge on any atom is -0.387 e. The first-order chi connectivity index (χ1) is 6.98. The number of nitrogens with one attached hydrogen (secondary N) is 1. The maximum atomic E-state index is 10.1. The zero-order chi connectivity index (χ0) is 11.1. The molecule has 2 atom stereocenters. The Morgan fingerprint density at radius 3 is 2.73 bits per heavy atom. The molecule has 15 heavy (non-hydrogen) atoms. The minimum atomic E-state index is -0.461. The molecule has 0 amide bonds. The zero-order valence-electron chi connectivity index (χ0n) is 9.00. The number of aliphatic hydroxyl groups excluding tert-OH is 1. The molecule has 1 saturated heterocycles. The molecule has 2 rings (SSSR count). The second-order valence-corrected chi connectivity index (χ2v) is 5.28. The fraction of sp³-hybridized carbons (Fsp3) is 0.500. The summed E-state index contributed by atoms with van der Waals surface area (Å²) < 4.78 is 0. The zero-order valence-corrected chi connectivity index (χ0v) is 9.75. The Hall–Kier alpha value is -0.570. The normalized spacial score (nSPS) is 25.7. The van der Waals surface area contributed by atoms with Crippen LogP contribution in [0.2, 0.25) is 5.02 Å². The van der Waals surface area contributed by atoms with E-state index in [9.17, 15) is 5.11 Å². The first kappa shape index (κ1) is 10.9. The largest absolute Gasteiger partial charge is 0.387 e. The van der Waals surface area contributed by atoms with Crippen molar-refractivity contribution in [2.24, 2.45) is 0 Å². The van der Waals surface area contributed by atoms with E-state index < -0.39 is 6.10 Å².